The van der Waals surface area contributed by atoms with E-state index >= 15 is 0 Å². The van der Waals surface area contributed by atoms with Crippen LogP contribution in [0.4, 0.5) is 10.1 Å². The lowest BCUT2D eigenvalue weighted by molar-refractivity contribution is -0.116. The molecule has 1 heterocycles. The van der Waals surface area contributed by atoms with Gasteiger partial charge in [0.25, 0.3) is 15.9 Å². The van der Waals surface area contributed by atoms with Gasteiger partial charge in [0.15, 0.2) is 4.91 Å². The first-order valence-corrected chi connectivity index (χ1v) is 13.5. The van der Waals surface area contributed by atoms with Crippen LogP contribution in [0.3, 0.4) is 0 Å². The summed E-state index contributed by atoms with van der Waals surface area (Å²) in [5.74, 6) is -0.661. The number of fused-ring (bicyclic) bond motifs is 1. The minimum Gasteiger partial charge on any atom is -0.492 e. The molecule has 0 fully saturated rings. The highest BCUT2D eigenvalue weighted by Crippen LogP contribution is 2.43. The SMILES string of the molecule is O=C(NCCOc1ccc(F)cc1)C1=C(c2ccccc2)c2ccccc2N(Cc2ccccc2)S1(=O)=O. The molecule has 0 bridgehead atoms. The molecule has 4 aromatic rings. The second-order valence-electron chi connectivity index (χ2n) is 8.64. The number of sulfonamides is 1. The number of carbonyl (C=O) groups is 1. The molecule has 5 rings (SSSR count). The van der Waals surface area contributed by atoms with Gasteiger partial charge in [-0.15, -0.1) is 0 Å². The highest BCUT2D eigenvalue weighted by atomic mass is 32.2. The van der Waals surface area contributed by atoms with E-state index in [1.54, 1.807) is 36.4 Å². The van der Waals surface area contributed by atoms with E-state index in [0.717, 1.165) is 5.56 Å². The Morgan fingerprint density at radius 2 is 1.45 bits per heavy atom. The van der Waals surface area contributed by atoms with Crippen LogP contribution in [0.15, 0.2) is 114 Å². The molecule has 1 aliphatic heterocycles. The topological polar surface area (TPSA) is 75.7 Å². The second kappa shape index (κ2) is 10.9. The molecule has 1 aliphatic rings. The van der Waals surface area contributed by atoms with Crippen molar-refractivity contribution >= 4 is 27.2 Å². The van der Waals surface area contributed by atoms with Gasteiger partial charge in [-0.25, -0.2) is 12.8 Å². The van der Waals surface area contributed by atoms with Crippen molar-refractivity contribution in [2.24, 2.45) is 0 Å². The Morgan fingerprint density at radius 1 is 0.816 bits per heavy atom. The van der Waals surface area contributed by atoms with Crippen LogP contribution in [-0.4, -0.2) is 27.5 Å². The molecule has 4 aromatic carbocycles. The van der Waals surface area contributed by atoms with Crippen molar-refractivity contribution in [1.29, 1.82) is 0 Å². The number of halogens is 1. The van der Waals surface area contributed by atoms with Crippen LogP contribution in [0.25, 0.3) is 5.57 Å². The average molecular weight is 529 g/mol. The number of carbonyl (C=O) groups excluding carboxylic acids is 1. The number of nitrogens with zero attached hydrogens (tertiary/aromatic N) is 1. The molecule has 0 aliphatic carbocycles. The number of para-hydroxylation sites is 1. The largest absolute Gasteiger partial charge is 0.492 e. The van der Waals surface area contributed by atoms with Crippen molar-refractivity contribution in [3.63, 3.8) is 0 Å². The summed E-state index contributed by atoms with van der Waals surface area (Å²) in [6, 6.07) is 31.0. The Bertz CT molecular complexity index is 1570. The predicted molar refractivity (Wildman–Crippen MR) is 145 cm³/mol. The number of anilines is 1. The fourth-order valence-electron chi connectivity index (χ4n) is 4.38. The van der Waals surface area contributed by atoms with E-state index in [0.29, 0.717) is 28.1 Å². The lowest BCUT2D eigenvalue weighted by Gasteiger charge is -2.33. The standard InChI is InChI=1S/C30H25FN2O4S/c31-24-15-17-25(18-16-24)37-20-19-32-30(34)29-28(23-11-5-2-6-12-23)26-13-7-8-14-27(26)33(38(29,35)36)21-22-9-3-1-4-10-22/h1-18H,19-21H2,(H,32,34). The van der Waals surface area contributed by atoms with E-state index in [9.17, 15) is 17.6 Å². The van der Waals surface area contributed by atoms with Crippen molar-refractivity contribution in [2.75, 3.05) is 17.5 Å². The molecule has 0 aromatic heterocycles. The zero-order valence-corrected chi connectivity index (χ0v) is 21.2. The van der Waals surface area contributed by atoms with Crippen LogP contribution in [0.2, 0.25) is 0 Å². The molecule has 0 saturated carbocycles. The van der Waals surface area contributed by atoms with E-state index < -0.39 is 15.9 Å². The van der Waals surface area contributed by atoms with Gasteiger partial charge in [0.1, 0.15) is 18.2 Å². The zero-order chi connectivity index (χ0) is 26.5. The monoisotopic (exact) mass is 528 g/mol. The van der Waals surface area contributed by atoms with E-state index in [1.165, 1.54) is 28.6 Å². The van der Waals surface area contributed by atoms with Crippen molar-refractivity contribution in [1.82, 2.24) is 5.32 Å². The number of nitrogens with one attached hydrogen (secondary N) is 1. The molecule has 6 nitrogen and oxygen atoms in total. The Kier molecular flexibility index (Phi) is 7.24. The van der Waals surface area contributed by atoms with E-state index in [4.69, 9.17) is 4.74 Å². The van der Waals surface area contributed by atoms with E-state index in [1.807, 2.05) is 48.5 Å². The van der Waals surface area contributed by atoms with Gasteiger partial charge in [-0.05, 0) is 41.5 Å². The molecule has 0 spiro atoms. The number of ether oxygens (including phenoxy) is 1. The molecule has 0 radical (unpaired) electrons. The molecule has 38 heavy (non-hydrogen) atoms. The summed E-state index contributed by atoms with van der Waals surface area (Å²) in [6.45, 7) is 0.208. The smallest absolute Gasteiger partial charge is 0.270 e. The first-order valence-electron chi connectivity index (χ1n) is 12.1. The number of amides is 1. The number of benzene rings is 4. The summed E-state index contributed by atoms with van der Waals surface area (Å²) in [5.41, 5.74) is 2.92. The molecule has 1 amide bonds. The van der Waals surface area contributed by atoms with Crippen LogP contribution in [0, 0.1) is 5.82 Å². The molecule has 0 unspecified atom stereocenters. The van der Waals surface area contributed by atoms with Crippen LogP contribution in [0.5, 0.6) is 5.75 Å². The highest BCUT2D eigenvalue weighted by Gasteiger charge is 2.41. The zero-order valence-electron chi connectivity index (χ0n) is 20.4. The third-order valence-corrected chi connectivity index (χ3v) is 7.94. The van der Waals surface area contributed by atoms with Crippen molar-refractivity contribution in [3.8, 4) is 5.75 Å². The fourth-order valence-corrected chi connectivity index (χ4v) is 6.13. The molecule has 8 heteroatoms. The van der Waals surface area contributed by atoms with E-state index in [2.05, 4.69) is 5.32 Å². The van der Waals surface area contributed by atoms with Gasteiger partial charge in [-0.2, -0.15) is 0 Å². The quantitative estimate of drug-likeness (QED) is 0.322. The van der Waals surface area contributed by atoms with Gasteiger partial charge >= 0.3 is 0 Å². The minimum atomic E-state index is -4.25. The number of hydrogen-bond acceptors (Lipinski definition) is 4. The Morgan fingerprint density at radius 3 is 2.16 bits per heavy atom. The van der Waals surface area contributed by atoms with Gasteiger partial charge in [-0.3, -0.25) is 9.10 Å². The normalized spacial score (nSPS) is 14.1. The predicted octanol–water partition coefficient (Wildman–Crippen LogP) is 5.13. The first kappa shape index (κ1) is 25.2. The lowest BCUT2D eigenvalue weighted by Crippen LogP contribution is -2.42. The Labute approximate surface area is 221 Å². The average Bonchev–Trinajstić information content (AvgIpc) is 2.94. The summed E-state index contributed by atoms with van der Waals surface area (Å²) < 4.78 is 48.2. The molecule has 1 N–H and O–H groups in total. The van der Waals surface area contributed by atoms with Gasteiger partial charge in [0.2, 0.25) is 0 Å². The third kappa shape index (κ3) is 5.17. The van der Waals surface area contributed by atoms with Crippen LogP contribution in [0.1, 0.15) is 16.7 Å². The highest BCUT2D eigenvalue weighted by molar-refractivity contribution is 7.97. The lowest BCUT2D eigenvalue weighted by atomic mass is 9.95. The first-order chi connectivity index (χ1) is 18.4. The third-order valence-electron chi connectivity index (χ3n) is 6.12. The summed E-state index contributed by atoms with van der Waals surface area (Å²) in [6.07, 6.45) is 0. The van der Waals surface area contributed by atoms with Crippen LogP contribution < -0.4 is 14.4 Å². The summed E-state index contributed by atoms with van der Waals surface area (Å²) in [7, 11) is -4.25. The molecular formula is C30H25FN2O4S. The minimum absolute atomic E-state index is 0.0532. The molecule has 0 atom stereocenters. The maximum Gasteiger partial charge on any atom is 0.270 e. The van der Waals surface area contributed by atoms with E-state index in [-0.39, 0.29) is 30.4 Å². The summed E-state index contributed by atoms with van der Waals surface area (Å²) in [4.78, 5) is 13.3. The number of rotatable bonds is 8. The summed E-state index contributed by atoms with van der Waals surface area (Å²) in [5, 5.41) is 2.70. The van der Waals surface area contributed by atoms with Crippen molar-refractivity contribution in [2.45, 2.75) is 6.54 Å². The van der Waals surface area contributed by atoms with Crippen LogP contribution in [-0.2, 0) is 21.4 Å². The summed E-state index contributed by atoms with van der Waals surface area (Å²) >= 11 is 0. The maximum atomic E-state index is 14.1. The molecular weight excluding hydrogens is 503 g/mol. The molecule has 0 saturated heterocycles. The van der Waals surface area contributed by atoms with Gasteiger partial charge < -0.3 is 10.1 Å². The fraction of sp³-hybridized carbons (Fsp3) is 0.100. The maximum absolute atomic E-state index is 14.1. The second-order valence-corrected chi connectivity index (χ2v) is 10.4. The van der Waals surface area contributed by atoms with Crippen molar-refractivity contribution < 1.29 is 22.3 Å². The Hall–Kier alpha value is -4.43. The van der Waals surface area contributed by atoms with Crippen LogP contribution >= 0.6 is 0 Å². The van der Waals surface area contributed by atoms with Crippen molar-refractivity contribution in [3.05, 3.63) is 137 Å². The van der Waals surface area contributed by atoms with Gasteiger partial charge in [-0.1, -0.05) is 78.9 Å². The molecule has 192 valence electrons. The van der Waals surface area contributed by atoms with Gasteiger partial charge in [0.05, 0.1) is 18.8 Å². The number of hydrogen-bond donors (Lipinski definition) is 1. The Balaban J connectivity index is 1.52. The van der Waals surface area contributed by atoms with Gasteiger partial charge in [0, 0.05) is 11.1 Å².